The summed E-state index contributed by atoms with van der Waals surface area (Å²) >= 11 is 0. The highest BCUT2D eigenvalue weighted by atomic mass is 15.0. The van der Waals surface area contributed by atoms with Gasteiger partial charge < -0.3 is 10.6 Å². The molecule has 106 valence electrons. The summed E-state index contributed by atoms with van der Waals surface area (Å²) in [6.45, 7) is 9.27. The molecule has 0 aliphatic carbocycles. The Balaban J connectivity index is 2.05. The molecule has 0 saturated carbocycles. The molecule has 1 aromatic rings. The van der Waals surface area contributed by atoms with Gasteiger partial charge in [-0.2, -0.15) is 0 Å². The Morgan fingerprint density at radius 1 is 1.16 bits per heavy atom. The molecule has 1 unspecified atom stereocenters. The zero-order valence-corrected chi connectivity index (χ0v) is 12.6. The minimum absolute atomic E-state index is 0.348. The van der Waals surface area contributed by atoms with E-state index in [0.29, 0.717) is 17.5 Å². The Morgan fingerprint density at radius 3 is 2.37 bits per heavy atom. The molecule has 1 heterocycles. The van der Waals surface area contributed by atoms with Crippen molar-refractivity contribution < 1.29 is 0 Å². The van der Waals surface area contributed by atoms with Gasteiger partial charge in [0, 0.05) is 12.1 Å². The van der Waals surface area contributed by atoms with Gasteiger partial charge in [-0.05, 0) is 43.3 Å². The lowest BCUT2D eigenvalue weighted by Gasteiger charge is -2.33. The molecule has 1 aliphatic rings. The van der Waals surface area contributed by atoms with Gasteiger partial charge in [-0.25, -0.2) is 0 Å². The molecule has 19 heavy (non-hydrogen) atoms. The molecule has 0 aromatic heterocycles. The second-order valence-electron chi connectivity index (χ2n) is 6.92. The average molecular weight is 260 g/mol. The maximum absolute atomic E-state index is 3.89. The van der Waals surface area contributed by atoms with Gasteiger partial charge in [0.25, 0.3) is 0 Å². The molecule has 0 radical (unpaired) electrons. The summed E-state index contributed by atoms with van der Waals surface area (Å²) in [5.74, 6) is 0. The topological polar surface area (TPSA) is 24.1 Å². The van der Waals surface area contributed by atoms with E-state index >= 15 is 0 Å². The van der Waals surface area contributed by atoms with Gasteiger partial charge in [0.05, 0.1) is 0 Å². The van der Waals surface area contributed by atoms with Crippen LogP contribution in [-0.2, 0) is 0 Å². The predicted octanol–water partition coefficient (Wildman–Crippen LogP) is 3.51. The second kappa shape index (κ2) is 6.53. The van der Waals surface area contributed by atoms with Gasteiger partial charge in [-0.1, -0.05) is 51.1 Å². The fraction of sp³-hybridized carbons (Fsp3) is 0.647. The van der Waals surface area contributed by atoms with E-state index in [1.165, 1.54) is 24.8 Å². The first kappa shape index (κ1) is 14.5. The molecule has 1 fully saturated rings. The van der Waals surface area contributed by atoms with Crippen LogP contribution in [0.4, 0.5) is 0 Å². The number of benzene rings is 1. The lowest BCUT2D eigenvalue weighted by molar-refractivity contribution is 0.272. The van der Waals surface area contributed by atoms with E-state index in [1.54, 1.807) is 0 Å². The van der Waals surface area contributed by atoms with E-state index in [2.05, 4.69) is 61.7 Å². The lowest BCUT2D eigenvalue weighted by atomic mass is 9.85. The maximum atomic E-state index is 3.89. The van der Waals surface area contributed by atoms with Crippen LogP contribution < -0.4 is 10.6 Å². The molecule has 0 spiro atoms. The monoisotopic (exact) mass is 260 g/mol. The number of nitrogens with one attached hydrogen (secondary N) is 2. The Hall–Kier alpha value is -0.860. The summed E-state index contributed by atoms with van der Waals surface area (Å²) < 4.78 is 0. The van der Waals surface area contributed by atoms with E-state index in [-0.39, 0.29) is 0 Å². The second-order valence-corrected chi connectivity index (χ2v) is 6.92. The molecule has 2 N–H and O–H groups in total. The van der Waals surface area contributed by atoms with E-state index in [0.717, 1.165) is 13.1 Å². The van der Waals surface area contributed by atoms with Crippen molar-refractivity contribution in [2.24, 2.45) is 5.41 Å². The smallest absolute Gasteiger partial charge is 0.0327 e. The maximum Gasteiger partial charge on any atom is 0.0327 e. The molecule has 1 aromatic carbocycles. The van der Waals surface area contributed by atoms with Crippen LogP contribution >= 0.6 is 0 Å². The molecule has 2 heteroatoms. The number of hydrogen-bond donors (Lipinski definition) is 2. The van der Waals surface area contributed by atoms with E-state index in [4.69, 9.17) is 0 Å². The van der Waals surface area contributed by atoms with Crippen LogP contribution in [0, 0.1) is 5.41 Å². The molecular formula is C17H28N2. The van der Waals surface area contributed by atoms with Crippen molar-refractivity contribution in [3.8, 4) is 0 Å². The van der Waals surface area contributed by atoms with Crippen molar-refractivity contribution in [1.29, 1.82) is 0 Å². The van der Waals surface area contributed by atoms with Crippen LogP contribution in [0.5, 0.6) is 0 Å². The third kappa shape index (κ3) is 4.96. The Kier molecular flexibility index (Phi) is 5.00. The third-order valence-electron chi connectivity index (χ3n) is 3.79. The van der Waals surface area contributed by atoms with Crippen LogP contribution in [0.25, 0.3) is 0 Å². The van der Waals surface area contributed by atoms with E-state index in [9.17, 15) is 0 Å². The predicted molar refractivity (Wildman–Crippen MR) is 82.3 cm³/mol. The van der Waals surface area contributed by atoms with Crippen molar-refractivity contribution in [3.63, 3.8) is 0 Å². The molecule has 0 bridgehead atoms. The summed E-state index contributed by atoms with van der Waals surface area (Å²) in [6, 6.07) is 12.0. The Bertz CT molecular complexity index is 361. The van der Waals surface area contributed by atoms with Gasteiger partial charge in [0.15, 0.2) is 0 Å². The van der Waals surface area contributed by atoms with Crippen molar-refractivity contribution in [2.75, 3.05) is 13.1 Å². The summed E-state index contributed by atoms with van der Waals surface area (Å²) in [5.41, 5.74) is 1.77. The van der Waals surface area contributed by atoms with Crippen LogP contribution in [0.3, 0.4) is 0 Å². The first-order valence-electron chi connectivity index (χ1n) is 7.56. The number of hydrogen-bond acceptors (Lipinski definition) is 2. The largest absolute Gasteiger partial charge is 0.317 e. The Labute approximate surface area is 118 Å². The summed E-state index contributed by atoms with van der Waals surface area (Å²) in [7, 11) is 0. The fourth-order valence-corrected chi connectivity index (χ4v) is 2.84. The van der Waals surface area contributed by atoms with E-state index < -0.39 is 0 Å². The van der Waals surface area contributed by atoms with Crippen molar-refractivity contribution in [2.45, 2.75) is 52.1 Å². The zero-order valence-electron chi connectivity index (χ0n) is 12.6. The number of rotatable bonds is 4. The summed E-state index contributed by atoms with van der Waals surface area (Å²) in [6.07, 6.45) is 3.67. The number of piperidine rings is 1. The van der Waals surface area contributed by atoms with E-state index in [1.807, 2.05) is 0 Å². The molecular weight excluding hydrogens is 232 g/mol. The molecule has 0 amide bonds. The van der Waals surface area contributed by atoms with Crippen LogP contribution in [0.1, 0.15) is 51.6 Å². The Morgan fingerprint density at radius 2 is 1.79 bits per heavy atom. The van der Waals surface area contributed by atoms with Crippen molar-refractivity contribution in [1.82, 2.24) is 10.6 Å². The van der Waals surface area contributed by atoms with Crippen LogP contribution in [0.15, 0.2) is 30.3 Å². The van der Waals surface area contributed by atoms with Gasteiger partial charge >= 0.3 is 0 Å². The average Bonchev–Trinajstić information content (AvgIpc) is 2.39. The van der Waals surface area contributed by atoms with Gasteiger partial charge in [-0.15, -0.1) is 0 Å². The first-order chi connectivity index (χ1) is 9.04. The molecule has 2 nitrogen and oxygen atoms in total. The quantitative estimate of drug-likeness (QED) is 0.865. The highest BCUT2D eigenvalue weighted by molar-refractivity contribution is 5.19. The van der Waals surface area contributed by atoms with Gasteiger partial charge in [-0.3, -0.25) is 0 Å². The van der Waals surface area contributed by atoms with Crippen LogP contribution in [0.2, 0.25) is 0 Å². The fourth-order valence-electron chi connectivity index (χ4n) is 2.84. The van der Waals surface area contributed by atoms with Crippen LogP contribution in [-0.4, -0.2) is 19.1 Å². The van der Waals surface area contributed by atoms with Crippen molar-refractivity contribution in [3.05, 3.63) is 35.9 Å². The van der Waals surface area contributed by atoms with Gasteiger partial charge in [0.2, 0.25) is 0 Å². The van der Waals surface area contributed by atoms with Crippen molar-refractivity contribution >= 4 is 0 Å². The SMILES string of the molecule is CC(C)(C)CC(NC1CCNCC1)c1ccccc1. The highest BCUT2D eigenvalue weighted by Gasteiger charge is 2.23. The summed E-state index contributed by atoms with van der Waals surface area (Å²) in [5, 5.41) is 7.32. The molecule has 1 aliphatic heterocycles. The third-order valence-corrected chi connectivity index (χ3v) is 3.79. The zero-order chi connectivity index (χ0) is 13.7. The first-order valence-corrected chi connectivity index (χ1v) is 7.56. The normalized spacial score (nSPS) is 19.3. The minimum atomic E-state index is 0.348. The molecule has 1 saturated heterocycles. The minimum Gasteiger partial charge on any atom is -0.317 e. The lowest BCUT2D eigenvalue weighted by Crippen LogP contribution is -2.42. The highest BCUT2D eigenvalue weighted by Crippen LogP contribution is 2.30. The molecule has 1 atom stereocenters. The van der Waals surface area contributed by atoms with Gasteiger partial charge in [0.1, 0.15) is 0 Å². The summed E-state index contributed by atoms with van der Waals surface area (Å²) in [4.78, 5) is 0. The molecule has 2 rings (SSSR count). The standard InChI is InChI=1S/C17H28N2/c1-17(2,3)13-16(14-7-5-4-6-8-14)19-15-9-11-18-12-10-15/h4-8,15-16,18-19H,9-13H2,1-3H3.